The van der Waals surface area contributed by atoms with Gasteiger partial charge in [-0.1, -0.05) is 0 Å². The molecule has 3 aromatic rings. The second kappa shape index (κ2) is 6.05. The van der Waals surface area contributed by atoms with Crippen molar-refractivity contribution in [3.8, 4) is 24.3 Å². The minimum Gasteiger partial charge on any atom is -0.192 e. The predicted molar refractivity (Wildman–Crippen MR) is 93.5 cm³/mol. The summed E-state index contributed by atoms with van der Waals surface area (Å²) in [5.41, 5.74) is 0.162. The van der Waals surface area contributed by atoms with Crippen LogP contribution < -0.4 is 0 Å². The highest BCUT2D eigenvalue weighted by Crippen LogP contribution is 2.44. The minimum atomic E-state index is 0.0811. The maximum Gasteiger partial charge on any atom is 0.131 e. The number of allylic oxidation sites excluding steroid dienone is 2. The fourth-order valence-electron chi connectivity index (χ4n) is 1.98. The van der Waals surface area contributed by atoms with Gasteiger partial charge in [-0.2, -0.15) is 21.0 Å². The number of nitriles is 4. The standard InChI is InChI=1S/C16H4N4S3/c17-5-9(6-18)1-11-3-13-15(21-11)16-14(23-13)4-12(22-16)2-10(7-19)8-20/h1-4H. The molecule has 0 aliphatic carbocycles. The molecule has 0 radical (unpaired) electrons. The number of hydrogen-bond donors (Lipinski definition) is 0. The normalized spacial score (nSPS) is 9.57. The van der Waals surface area contributed by atoms with Gasteiger partial charge in [0.25, 0.3) is 0 Å². The van der Waals surface area contributed by atoms with Crippen LogP contribution in [0.25, 0.3) is 31.0 Å². The van der Waals surface area contributed by atoms with E-state index in [0.29, 0.717) is 0 Å². The lowest BCUT2D eigenvalue weighted by Gasteiger charge is -1.82. The second-order valence-electron chi connectivity index (χ2n) is 4.35. The first-order valence-corrected chi connectivity index (χ1v) is 8.63. The number of nitrogens with zero attached hydrogens (tertiary/aromatic N) is 4. The smallest absolute Gasteiger partial charge is 0.131 e. The minimum absolute atomic E-state index is 0.0811. The molecule has 0 spiro atoms. The van der Waals surface area contributed by atoms with E-state index >= 15 is 0 Å². The average molecular weight is 348 g/mol. The van der Waals surface area contributed by atoms with E-state index < -0.39 is 0 Å². The van der Waals surface area contributed by atoms with Gasteiger partial charge >= 0.3 is 0 Å². The van der Waals surface area contributed by atoms with Gasteiger partial charge in [0.2, 0.25) is 0 Å². The molecule has 0 aromatic carbocycles. The molecule has 0 bridgehead atoms. The summed E-state index contributed by atoms with van der Waals surface area (Å²) in [6, 6.07) is 11.4. The van der Waals surface area contributed by atoms with Crippen molar-refractivity contribution in [1.82, 2.24) is 0 Å². The van der Waals surface area contributed by atoms with Crippen LogP contribution in [0.1, 0.15) is 9.75 Å². The Morgan fingerprint density at radius 2 is 1.09 bits per heavy atom. The van der Waals surface area contributed by atoms with Crippen LogP contribution in [0.4, 0.5) is 0 Å². The number of rotatable bonds is 2. The molecule has 0 saturated heterocycles. The van der Waals surface area contributed by atoms with Crippen molar-refractivity contribution in [2.24, 2.45) is 0 Å². The van der Waals surface area contributed by atoms with Crippen molar-refractivity contribution in [3.63, 3.8) is 0 Å². The van der Waals surface area contributed by atoms with Gasteiger partial charge in [-0.25, -0.2) is 0 Å². The lowest BCUT2D eigenvalue weighted by molar-refractivity contribution is 1.47. The Labute approximate surface area is 143 Å². The molecule has 0 aliphatic heterocycles. The highest BCUT2D eigenvalue weighted by molar-refractivity contribution is 7.38. The summed E-state index contributed by atoms with van der Waals surface area (Å²) in [7, 11) is 0. The molecule has 0 N–H and O–H groups in total. The maximum atomic E-state index is 8.83. The number of thiophene rings is 3. The maximum absolute atomic E-state index is 8.83. The zero-order valence-electron chi connectivity index (χ0n) is 11.3. The van der Waals surface area contributed by atoms with Crippen molar-refractivity contribution in [1.29, 1.82) is 21.0 Å². The summed E-state index contributed by atoms with van der Waals surface area (Å²) < 4.78 is 4.42. The third kappa shape index (κ3) is 2.73. The Bertz CT molecular complexity index is 1030. The molecule has 0 fully saturated rings. The molecule has 0 amide bonds. The Hall–Kier alpha value is -2.94. The van der Waals surface area contributed by atoms with Gasteiger partial charge in [0, 0.05) is 19.2 Å². The second-order valence-corrected chi connectivity index (χ2v) is 7.60. The summed E-state index contributed by atoms with van der Waals surface area (Å²) in [6.45, 7) is 0. The van der Waals surface area contributed by atoms with Crippen LogP contribution in [-0.2, 0) is 0 Å². The molecule has 3 rings (SSSR count). The topological polar surface area (TPSA) is 95.2 Å². The Morgan fingerprint density at radius 1 is 0.696 bits per heavy atom. The first-order valence-electron chi connectivity index (χ1n) is 6.18. The van der Waals surface area contributed by atoms with E-state index in [-0.39, 0.29) is 11.1 Å². The Kier molecular flexibility index (Phi) is 3.94. The first-order chi connectivity index (χ1) is 11.2. The summed E-state index contributed by atoms with van der Waals surface area (Å²) in [6.07, 6.45) is 3.17. The first kappa shape index (κ1) is 15.0. The molecule has 0 unspecified atom stereocenters. The van der Waals surface area contributed by atoms with Crippen LogP contribution in [0.5, 0.6) is 0 Å². The third-order valence-corrected chi connectivity index (χ3v) is 6.59. The zero-order valence-corrected chi connectivity index (χ0v) is 13.8. The summed E-state index contributed by atoms with van der Waals surface area (Å²) >= 11 is 4.67. The van der Waals surface area contributed by atoms with Crippen LogP contribution >= 0.6 is 34.0 Å². The highest BCUT2D eigenvalue weighted by atomic mass is 32.1. The molecule has 0 atom stereocenters. The molecule has 7 heteroatoms. The van der Waals surface area contributed by atoms with Crippen LogP contribution in [-0.4, -0.2) is 0 Å². The SMILES string of the molecule is N#CC(C#N)=Cc1cc2sc3cc(C=C(C#N)C#N)sc3c2s1. The van der Waals surface area contributed by atoms with E-state index in [1.54, 1.807) is 23.5 Å². The van der Waals surface area contributed by atoms with Gasteiger partial charge in [-0.05, 0) is 24.3 Å². The fraction of sp³-hybridized carbons (Fsp3) is 0. The molecular formula is C16H4N4S3. The van der Waals surface area contributed by atoms with Crippen molar-refractivity contribution in [3.05, 3.63) is 33.0 Å². The van der Waals surface area contributed by atoms with E-state index in [0.717, 1.165) is 28.6 Å². The Morgan fingerprint density at radius 3 is 1.43 bits per heavy atom. The number of hydrogen-bond acceptors (Lipinski definition) is 7. The summed E-state index contributed by atoms with van der Waals surface area (Å²) in [5.74, 6) is 0. The van der Waals surface area contributed by atoms with Crippen molar-refractivity contribution in [2.45, 2.75) is 0 Å². The van der Waals surface area contributed by atoms with E-state index in [2.05, 4.69) is 0 Å². The predicted octanol–water partition coefficient (Wildman–Crippen LogP) is 5.04. The van der Waals surface area contributed by atoms with Crippen molar-refractivity contribution in [2.75, 3.05) is 0 Å². The van der Waals surface area contributed by atoms with Gasteiger partial charge < -0.3 is 0 Å². The van der Waals surface area contributed by atoms with Gasteiger partial charge in [-0.15, -0.1) is 34.0 Å². The zero-order chi connectivity index (χ0) is 16.4. The van der Waals surface area contributed by atoms with Crippen LogP contribution in [0, 0.1) is 45.3 Å². The quantitative estimate of drug-likeness (QED) is 0.606. The van der Waals surface area contributed by atoms with Crippen molar-refractivity contribution < 1.29 is 0 Å². The fourth-order valence-corrected chi connectivity index (χ4v) is 5.91. The Balaban J connectivity index is 2.11. The monoisotopic (exact) mass is 348 g/mol. The van der Waals surface area contributed by atoms with E-state index in [4.69, 9.17) is 21.0 Å². The van der Waals surface area contributed by atoms with Gasteiger partial charge in [0.15, 0.2) is 0 Å². The van der Waals surface area contributed by atoms with Crippen molar-refractivity contribution >= 4 is 65.0 Å². The summed E-state index contributed by atoms with van der Waals surface area (Å²) in [5, 5.41) is 35.3. The molecule has 23 heavy (non-hydrogen) atoms. The molecule has 4 nitrogen and oxygen atoms in total. The highest BCUT2D eigenvalue weighted by Gasteiger charge is 2.12. The molecule has 106 valence electrons. The third-order valence-electron chi connectivity index (χ3n) is 2.92. The van der Waals surface area contributed by atoms with Crippen LogP contribution in [0.2, 0.25) is 0 Å². The van der Waals surface area contributed by atoms with E-state index in [1.807, 2.05) is 36.4 Å². The molecular weight excluding hydrogens is 344 g/mol. The lowest BCUT2D eigenvalue weighted by Crippen LogP contribution is -1.69. The van der Waals surface area contributed by atoms with Gasteiger partial charge in [0.1, 0.15) is 35.4 Å². The molecule has 3 heterocycles. The van der Waals surface area contributed by atoms with Crippen LogP contribution in [0.3, 0.4) is 0 Å². The molecule has 3 aromatic heterocycles. The van der Waals surface area contributed by atoms with Crippen LogP contribution in [0.15, 0.2) is 23.3 Å². The largest absolute Gasteiger partial charge is 0.192 e. The average Bonchev–Trinajstić information content (AvgIpc) is 3.20. The molecule has 0 aliphatic rings. The lowest BCUT2D eigenvalue weighted by atomic mass is 10.3. The molecule has 0 saturated carbocycles. The van der Waals surface area contributed by atoms with E-state index in [1.165, 1.54) is 22.7 Å². The summed E-state index contributed by atoms with van der Waals surface area (Å²) in [4.78, 5) is 1.73. The van der Waals surface area contributed by atoms with Gasteiger partial charge in [0.05, 0.1) is 9.40 Å². The van der Waals surface area contributed by atoms with Gasteiger partial charge in [-0.3, -0.25) is 0 Å². The number of fused-ring (bicyclic) bond motifs is 3. The van der Waals surface area contributed by atoms with E-state index in [9.17, 15) is 0 Å².